The number of rotatable bonds is 3. The van der Waals surface area contributed by atoms with Crippen molar-refractivity contribution in [3.63, 3.8) is 0 Å². The topological polar surface area (TPSA) is 94.1 Å². The van der Waals surface area contributed by atoms with E-state index in [0.29, 0.717) is 16.4 Å². The van der Waals surface area contributed by atoms with Crippen molar-refractivity contribution in [2.75, 3.05) is 0 Å². The molecule has 1 aromatic heterocycles. The maximum Gasteiger partial charge on any atom is 0.271 e. The monoisotopic (exact) mass is 268 g/mol. The quantitative estimate of drug-likeness (QED) is 0.677. The van der Waals surface area contributed by atoms with Crippen LogP contribution in [0.1, 0.15) is 18.7 Å². The molecule has 0 aliphatic heterocycles. The second kappa shape index (κ2) is 4.71. The van der Waals surface area contributed by atoms with Crippen LogP contribution in [0.15, 0.2) is 24.4 Å². The van der Waals surface area contributed by atoms with Crippen LogP contribution in [0.5, 0.6) is 0 Å². The summed E-state index contributed by atoms with van der Waals surface area (Å²) in [5.41, 5.74) is 0.603. The van der Waals surface area contributed by atoms with Crippen molar-refractivity contribution < 1.29 is 10.0 Å². The number of aliphatic hydroxyl groups excluding tert-OH is 1. The van der Waals surface area contributed by atoms with Crippen molar-refractivity contribution >= 4 is 17.3 Å². The Balaban J connectivity index is 2.48. The van der Waals surface area contributed by atoms with Gasteiger partial charge in [-0.05, 0) is 13.0 Å². The molecule has 0 amide bonds. The first-order valence-electron chi connectivity index (χ1n) is 5.03. The average molecular weight is 269 g/mol. The summed E-state index contributed by atoms with van der Waals surface area (Å²) in [4.78, 5) is 10.2. The molecule has 1 aromatic carbocycles. The van der Waals surface area contributed by atoms with Gasteiger partial charge in [-0.25, -0.2) is 4.68 Å². The van der Waals surface area contributed by atoms with E-state index in [1.165, 1.54) is 29.1 Å². The molecular formula is C10H9ClN4O3. The molecule has 0 aliphatic carbocycles. The number of benzene rings is 1. The zero-order chi connectivity index (χ0) is 13.3. The van der Waals surface area contributed by atoms with Gasteiger partial charge in [0.1, 0.15) is 5.69 Å². The van der Waals surface area contributed by atoms with Gasteiger partial charge in [0.05, 0.1) is 27.9 Å². The Hall–Kier alpha value is -1.99. The zero-order valence-corrected chi connectivity index (χ0v) is 10.1. The van der Waals surface area contributed by atoms with Crippen LogP contribution in [-0.4, -0.2) is 25.0 Å². The fourth-order valence-corrected chi connectivity index (χ4v) is 1.58. The van der Waals surface area contributed by atoms with Crippen LogP contribution in [0.2, 0.25) is 5.02 Å². The van der Waals surface area contributed by atoms with Crippen LogP contribution in [0, 0.1) is 10.1 Å². The molecule has 8 heteroatoms. The van der Waals surface area contributed by atoms with Gasteiger partial charge in [0.15, 0.2) is 0 Å². The van der Waals surface area contributed by atoms with E-state index in [1.807, 2.05) is 0 Å². The third-order valence-corrected chi connectivity index (χ3v) is 2.65. The number of nitro benzene ring substituents is 1. The first-order valence-corrected chi connectivity index (χ1v) is 5.41. The second-order valence-electron chi connectivity index (χ2n) is 3.66. The standard InChI is InChI=1S/C10H9ClN4O3/c1-6(16)9-5-14(13-12-9)10-4-7(15(17)18)2-3-8(10)11/h2-6,16H,1H3. The Kier molecular flexibility index (Phi) is 3.26. The van der Waals surface area contributed by atoms with Gasteiger partial charge in [-0.3, -0.25) is 10.1 Å². The van der Waals surface area contributed by atoms with Gasteiger partial charge in [0.2, 0.25) is 0 Å². The van der Waals surface area contributed by atoms with Crippen LogP contribution in [-0.2, 0) is 0 Å². The van der Waals surface area contributed by atoms with Crippen molar-refractivity contribution in [1.29, 1.82) is 0 Å². The molecule has 0 radical (unpaired) electrons. The van der Waals surface area contributed by atoms with Crippen LogP contribution in [0.25, 0.3) is 5.69 Å². The number of nitro groups is 1. The molecule has 7 nitrogen and oxygen atoms in total. The third kappa shape index (κ3) is 2.31. The Morgan fingerprint density at radius 1 is 1.56 bits per heavy atom. The van der Waals surface area contributed by atoms with Crippen molar-refractivity contribution in [2.45, 2.75) is 13.0 Å². The second-order valence-corrected chi connectivity index (χ2v) is 4.06. The molecule has 0 spiro atoms. The van der Waals surface area contributed by atoms with E-state index in [-0.39, 0.29) is 5.69 Å². The highest BCUT2D eigenvalue weighted by atomic mass is 35.5. The lowest BCUT2D eigenvalue weighted by atomic mass is 10.2. The number of non-ortho nitro benzene ring substituents is 1. The van der Waals surface area contributed by atoms with Gasteiger partial charge in [-0.2, -0.15) is 0 Å². The molecule has 2 aromatic rings. The summed E-state index contributed by atoms with van der Waals surface area (Å²) in [7, 11) is 0. The number of nitrogens with zero attached hydrogens (tertiary/aromatic N) is 4. The maximum atomic E-state index is 10.7. The average Bonchev–Trinajstić information content (AvgIpc) is 2.78. The summed E-state index contributed by atoms with van der Waals surface area (Å²) in [6.45, 7) is 1.55. The van der Waals surface area contributed by atoms with Gasteiger partial charge in [-0.1, -0.05) is 16.8 Å². The molecule has 1 unspecified atom stereocenters. The Labute approximate surface area is 107 Å². The van der Waals surface area contributed by atoms with Crippen LogP contribution < -0.4 is 0 Å². The van der Waals surface area contributed by atoms with Crippen molar-refractivity contribution in [2.24, 2.45) is 0 Å². The largest absolute Gasteiger partial charge is 0.387 e. The predicted octanol–water partition coefficient (Wildman–Crippen LogP) is 1.88. The smallest absolute Gasteiger partial charge is 0.271 e. The summed E-state index contributed by atoms with van der Waals surface area (Å²) >= 11 is 5.95. The first-order chi connectivity index (χ1) is 8.49. The summed E-state index contributed by atoms with van der Waals surface area (Å²) in [6.07, 6.45) is 0.700. The van der Waals surface area contributed by atoms with Gasteiger partial charge in [0.25, 0.3) is 5.69 Å². The first kappa shape index (κ1) is 12.5. The molecular weight excluding hydrogens is 260 g/mol. The summed E-state index contributed by atoms with van der Waals surface area (Å²) in [5, 5.41) is 27.8. The minimum absolute atomic E-state index is 0.0940. The molecule has 1 atom stereocenters. The van der Waals surface area contributed by atoms with Crippen LogP contribution >= 0.6 is 11.6 Å². The molecule has 2 rings (SSSR count). The SMILES string of the molecule is CC(O)c1cn(-c2cc([N+](=O)[O-])ccc2Cl)nn1. The number of hydrogen-bond donors (Lipinski definition) is 1. The van der Waals surface area contributed by atoms with E-state index < -0.39 is 11.0 Å². The van der Waals surface area contributed by atoms with E-state index in [0.717, 1.165) is 0 Å². The van der Waals surface area contributed by atoms with Crippen molar-refractivity contribution in [1.82, 2.24) is 15.0 Å². The maximum absolute atomic E-state index is 10.7. The minimum atomic E-state index is -0.767. The molecule has 0 bridgehead atoms. The van der Waals surface area contributed by atoms with E-state index in [9.17, 15) is 15.2 Å². The number of aliphatic hydroxyl groups is 1. The van der Waals surface area contributed by atoms with E-state index in [1.54, 1.807) is 6.92 Å². The molecule has 0 saturated carbocycles. The molecule has 0 aliphatic rings. The summed E-state index contributed by atoms with van der Waals surface area (Å²) in [5.74, 6) is 0. The number of halogens is 1. The zero-order valence-electron chi connectivity index (χ0n) is 9.32. The normalized spacial score (nSPS) is 12.4. The fraction of sp³-hybridized carbons (Fsp3) is 0.200. The highest BCUT2D eigenvalue weighted by molar-refractivity contribution is 6.32. The third-order valence-electron chi connectivity index (χ3n) is 2.33. The molecule has 1 N–H and O–H groups in total. The lowest BCUT2D eigenvalue weighted by molar-refractivity contribution is -0.384. The summed E-state index contributed by atoms with van der Waals surface area (Å²) < 4.78 is 1.29. The number of hydrogen-bond acceptors (Lipinski definition) is 5. The summed E-state index contributed by atoms with van der Waals surface area (Å²) in [6, 6.07) is 4.01. The van der Waals surface area contributed by atoms with E-state index >= 15 is 0 Å². The van der Waals surface area contributed by atoms with E-state index in [2.05, 4.69) is 10.3 Å². The predicted molar refractivity (Wildman–Crippen MR) is 63.7 cm³/mol. The number of aromatic nitrogens is 3. The Morgan fingerprint density at radius 2 is 2.28 bits per heavy atom. The lowest BCUT2D eigenvalue weighted by Crippen LogP contribution is -1.98. The van der Waals surface area contributed by atoms with Gasteiger partial charge < -0.3 is 5.11 Å². The van der Waals surface area contributed by atoms with Crippen molar-refractivity contribution in [3.05, 3.63) is 45.2 Å². The molecule has 0 saturated heterocycles. The molecule has 1 heterocycles. The van der Waals surface area contributed by atoms with Gasteiger partial charge in [0, 0.05) is 12.1 Å². The van der Waals surface area contributed by atoms with Gasteiger partial charge in [-0.15, -0.1) is 5.10 Å². The van der Waals surface area contributed by atoms with E-state index in [4.69, 9.17) is 11.6 Å². The molecule has 18 heavy (non-hydrogen) atoms. The van der Waals surface area contributed by atoms with Crippen LogP contribution in [0.4, 0.5) is 5.69 Å². The fourth-order valence-electron chi connectivity index (χ4n) is 1.38. The highest BCUT2D eigenvalue weighted by Crippen LogP contribution is 2.25. The van der Waals surface area contributed by atoms with Crippen LogP contribution in [0.3, 0.4) is 0 Å². The van der Waals surface area contributed by atoms with Crippen molar-refractivity contribution in [3.8, 4) is 5.69 Å². The minimum Gasteiger partial charge on any atom is -0.387 e. The van der Waals surface area contributed by atoms with Gasteiger partial charge >= 0.3 is 0 Å². The Morgan fingerprint density at radius 3 is 2.83 bits per heavy atom. The highest BCUT2D eigenvalue weighted by Gasteiger charge is 2.14. The molecule has 94 valence electrons. The molecule has 0 fully saturated rings. The lowest BCUT2D eigenvalue weighted by Gasteiger charge is -2.02. The Bertz CT molecular complexity index is 597.